The zero-order chi connectivity index (χ0) is 20.8. The van der Waals surface area contributed by atoms with Crippen molar-refractivity contribution in [1.82, 2.24) is 20.0 Å². The summed E-state index contributed by atoms with van der Waals surface area (Å²) in [6.07, 6.45) is 0. The number of nitrogens with one attached hydrogen (secondary N) is 1. The molecule has 0 fully saturated rings. The van der Waals surface area contributed by atoms with Gasteiger partial charge in [0.25, 0.3) is 11.6 Å². The van der Waals surface area contributed by atoms with Gasteiger partial charge in [0.05, 0.1) is 11.5 Å². The van der Waals surface area contributed by atoms with E-state index >= 15 is 0 Å². The number of carbonyl (C=O) groups excluding carboxylic acids is 2. The molecule has 0 spiro atoms. The van der Waals surface area contributed by atoms with Crippen molar-refractivity contribution in [2.45, 2.75) is 20.8 Å². The Morgan fingerprint density at radius 2 is 1.89 bits per heavy atom. The first kappa shape index (κ1) is 20.7. The second-order valence-electron chi connectivity index (χ2n) is 5.90. The van der Waals surface area contributed by atoms with Crippen molar-refractivity contribution >= 4 is 17.5 Å². The number of aromatic nitrogens is 2. The molecule has 0 atom stereocenters. The summed E-state index contributed by atoms with van der Waals surface area (Å²) in [6.45, 7) is 5.90. The zero-order valence-corrected chi connectivity index (χ0v) is 15.8. The minimum Gasteiger partial charge on any atom is -0.342 e. The zero-order valence-electron chi connectivity index (χ0n) is 15.8. The van der Waals surface area contributed by atoms with Crippen LogP contribution in [-0.4, -0.2) is 51.1 Å². The van der Waals surface area contributed by atoms with Crippen LogP contribution in [0.1, 0.15) is 30.0 Å². The molecular formula is C18H21N5O5. The Morgan fingerprint density at radius 1 is 1.25 bits per heavy atom. The number of benzene rings is 1. The van der Waals surface area contributed by atoms with E-state index < -0.39 is 22.0 Å². The summed E-state index contributed by atoms with van der Waals surface area (Å²) in [5.74, 6) is -1.11. The molecule has 1 aromatic carbocycles. The number of hydrogen-bond acceptors (Lipinski definition) is 6. The van der Waals surface area contributed by atoms with E-state index in [9.17, 15) is 24.5 Å². The fraction of sp³-hybridized carbons (Fsp3) is 0.333. The maximum Gasteiger partial charge on any atom is 0.294 e. The summed E-state index contributed by atoms with van der Waals surface area (Å²) >= 11 is 0. The van der Waals surface area contributed by atoms with Gasteiger partial charge in [-0.3, -0.25) is 24.5 Å². The maximum absolute atomic E-state index is 12.4. The van der Waals surface area contributed by atoms with Gasteiger partial charge in [-0.1, -0.05) is 12.1 Å². The van der Waals surface area contributed by atoms with Crippen molar-refractivity contribution in [3.8, 4) is 5.69 Å². The van der Waals surface area contributed by atoms with Gasteiger partial charge in [0.15, 0.2) is 5.69 Å². The third-order valence-electron chi connectivity index (χ3n) is 4.15. The molecule has 0 aliphatic heterocycles. The van der Waals surface area contributed by atoms with Crippen LogP contribution < -0.4 is 10.7 Å². The highest BCUT2D eigenvalue weighted by Gasteiger charge is 2.21. The molecule has 2 aromatic rings. The Morgan fingerprint density at radius 3 is 2.50 bits per heavy atom. The van der Waals surface area contributed by atoms with Crippen LogP contribution in [0.4, 0.5) is 5.69 Å². The van der Waals surface area contributed by atoms with Gasteiger partial charge in [-0.15, -0.1) is 0 Å². The predicted molar refractivity (Wildman–Crippen MR) is 101 cm³/mol. The van der Waals surface area contributed by atoms with Crippen molar-refractivity contribution < 1.29 is 14.5 Å². The lowest BCUT2D eigenvalue weighted by atomic mass is 10.2. The molecule has 0 saturated carbocycles. The van der Waals surface area contributed by atoms with E-state index in [1.165, 1.54) is 33.8 Å². The Bertz CT molecular complexity index is 965. The third kappa shape index (κ3) is 4.40. The number of likely N-dealkylation sites (N-methyl/N-ethyl adjacent to an activating group) is 1. The van der Waals surface area contributed by atoms with Crippen LogP contribution >= 0.6 is 0 Å². The second-order valence-corrected chi connectivity index (χ2v) is 5.90. The van der Waals surface area contributed by atoms with E-state index in [-0.39, 0.29) is 23.8 Å². The molecule has 2 rings (SSSR count). The van der Waals surface area contributed by atoms with Crippen LogP contribution in [0.2, 0.25) is 0 Å². The van der Waals surface area contributed by atoms with Gasteiger partial charge in [0.1, 0.15) is 5.69 Å². The van der Waals surface area contributed by atoms with Crippen LogP contribution in [-0.2, 0) is 4.79 Å². The smallest absolute Gasteiger partial charge is 0.294 e. The standard InChI is InChI=1S/C18H21N5O5/c1-4-21(5-2)16(25)11-19-18(26)17-15(24)10-12(3)22(20-17)13-8-6-7-9-14(13)23(27)28/h6-10H,4-5,11H2,1-3H3,(H,19,26). The van der Waals surface area contributed by atoms with Crippen LogP contribution in [0.25, 0.3) is 5.69 Å². The van der Waals surface area contributed by atoms with Gasteiger partial charge in [-0.25, -0.2) is 4.68 Å². The van der Waals surface area contributed by atoms with Crippen molar-refractivity contribution in [1.29, 1.82) is 0 Å². The van der Waals surface area contributed by atoms with E-state index in [0.29, 0.717) is 18.8 Å². The van der Waals surface area contributed by atoms with E-state index in [1.807, 2.05) is 13.8 Å². The molecular weight excluding hydrogens is 366 g/mol. The SMILES string of the molecule is CCN(CC)C(=O)CNC(=O)c1nn(-c2ccccc2[N+](=O)[O-])c(C)cc1=O. The quantitative estimate of drug-likeness (QED) is 0.559. The summed E-state index contributed by atoms with van der Waals surface area (Å²) in [5.41, 5.74) is -0.852. The highest BCUT2D eigenvalue weighted by molar-refractivity contribution is 5.94. The van der Waals surface area contributed by atoms with E-state index in [4.69, 9.17) is 0 Å². The van der Waals surface area contributed by atoms with Crippen molar-refractivity contribution in [3.05, 3.63) is 62.1 Å². The molecule has 2 amide bonds. The van der Waals surface area contributed by atoms with Gasteiger partial charge in [-0.05, 0) is 26.8 Å². The second kappa shape index (κ2) is 8.89. The minimum absolute atomic E-state index is 0.123. The van der Waals surface area contributed by atoms with Crippen molar-refractivity contribution in [2.24, 2.45) is 0 Å². The Balaban J connectivity index is 2.36. The Kier molecular flexibility index (Phi) is 6.59. The molecule has 1 heterocycles. The molecule has 10 nitrogen and oxygen atoms in total. The molecule has 0 saturated heterocycles. The number of amides is 2. The molecule has 0 unspecified atom stereocenters. The number of nitro benzene ring substituents is 1. The number of rotatable bonds is 7. The molecule has 148 valence electrons. The van der Waals surface area contributed by atoms with E-state index in [2.05, 4.69) is 10.4 Å². The maximum atomic E-state index is 12.4. The number of nitrogens with zero attached hydrogens (tertiary/aromatic N) is 4. The highest BCUT2D eigenvalue weighted by atomic mass is 16.6. The predicted octanol–water partition coefficient (Wildman–Crippen LogP) is 1.05. The number of nitro groups is 1. The summed E-state index contributed by atoms with van der Waals surface area (Å²) in [6, 6.07) is 7.03. The van der Waals surface area contributed by atoms with Crippen molar-refractivity contribution in [3.63, 3.8) is 0 Å². The van der Waals surface area contributed by atoms with Crippen LogP contribution in [0.15, 0.2) is 35.1 Å². The Labute approximate surface area is 160 Å². The number of para-hydroxylation sites is 2. The summed E-state index contributed by atoms with van der Waals surface area (Å²) in [5, 5.41) is 17.7. The van der Waals surface area contributed by atoms with Gasteiger partial charge < -0.3 is 10.2 Å². The molecule has 10 heteroatoms. The van der Waals surface area contributed by atoms with Gasteiger partial charge in [-0.2, -0.15) is 5.10 Å². The molecule has 1 aromatic heterocycles. The number of hydrogen-bond donors (Lipinski definition) is 1. The first-order chi connectivity index (χ1) is 13.3. The average molecular weight is 387 g/mol. The first-order valence-electron chi connectivity index (χ1n) is 8.70. The number of aryl methyl sites for hydroxylation is 1. The number of carbonyl (C=O) groups is 2. The van der Waals surface area contributed by atoms with E-state index in [1.54, 1.807) is 13.0 Å². The van der Waals surface area contributed by atoms with E-state index in [0.717, 1.165) is 0 Å². The summed E-state index contributed by atoms with van der Waals surface area (Å²) in [4.78, 5) is 48.9. The molecule has 0 bridgehead atoms. The molecule has 0 aliphatic rings. The average Bonchev–Trinajstić information content (AvgIpc) is 2.67. The lowest BCUT2D eigenvalue weighted by Gasteiger charge is -2.18. The molecule has 28 heavy (non-hydrogen) atoms. The monoisotopic (exact) mass is 387 g/mol. The van der Waals surface area contributed by atoms with Crippen LogP contribution in [0.3, 0.4) is 0 Å². The highest BCUT2D eigenvalue weighted by Crippen LogP contribution is 2.22. The fourth-order valence-corrected chi connectivity index (χ4v) is 2.67. The van der Waals surface area contributed by atoms with Gasteiger partial charge in [0, 0.05) is 30.9 Å². The topological polar surface area (TPSA) is 127 Å². The Hall–Kier alpha value is -3.56. The summed E-state index contributed by atoms with van der Waals surface area (Å²) < 4.78 is 1.17. The lowest BCUT2D eigenvalue weighted by molar-refractivity contribution is -0.384. The molecule has 1 N–H and O–H groups in total. The summed E-state index contributed by atoms with van der Waals surface area (Å²) in [7, 11) is 0. The van der Waals surface area contributed by atoms with Gasteiger partial charge >= 0.3 is 0 Å². The molecule has 0 aliphatic carbocycles. The lowest BCUT2D eigenvalue weighted by Crippen LogP contribution is -2.41. The van der Waals surface area contributed by atoms with Crippen molar-refractivity contribution in [2.75, 3.05) is 19.6 Å². The first-order valence-corrected chi connectivity index (χ1v) is 8.70. The molecule has 0 radical (unpaired) electrons. The normalized spacial score (nSPS) is 10.4. The van der Waals surface area contributed by atoms with Crippen LogP contribution in [0, 0.1) is 17.0 Å². The fourth-order valence-electron chi connectivity index (χ4n) is 2.67. The minimum atomic E-state index is -0.821. The van der Waals surface area contributed by atoms with Gasteiger partial charge in [0.2, 0.25) is 11.3 Å². The largest absolute Gasteiger partial charge is 0.342 e. The van der Waals surface area contributed by atoms with Crippen LogP contribution in [0.5, 0.6) is 0 Å². The third-order valence-corrected chi connectivity index (χ3v) is 4.15.